The lowest BCUT2D eigenvalue weighted by Crippen LogP contribution is -2.32. The fraction of sp³-hybridized carbons (Fsp3) is 0.385. The third kappa shape index (κ3) is 2.23. The van der Waals surface area contributed by atoms with Gasteiger partial charge < -0.3 is 0 Å². The van der Waals surface area contributed by atoms with E-state index >= 15 is 0 Å². The lowest BCUT2D eigenvalue weighted by Gasteiger charge is -2.20. The first-order valence-corrected chi connectivity index (χ1v) is 7.49. The Morgan fingerprint density at radius 2 is 1.70 bits per heavy atom. The summed E-state index contributed by atoms with van der Waals surface area (Å²) in [5.74, 6) is -0.673. The minimum absolute atomic E-state index is 0.0750. The zero-order chi connectivity index (χ0) is 15.1. The summed E-state index contributed by atoms with van der Waals surface area (Å²) < 4.78 is 25.0. The van der Waals surface area contributed by atoms with Crippen molar-refractivity contribution in [3.8, 4) is 0 Å². The van der Waals surface area contributed by atoms with Crippen molar-refractivity contribution in [2.45, 2.75) is 23.7 Å². The Labute approximate surface area is 117 Å². The molecular formula is C13H16N2O4S. The summed E-state index contributed by atoms with van der Waals surface area (Å²) in [5, 5.41) is 2.26. The third-order valence-corrected chi connectivity index (χ3v) is 5.37. The van der Waals surface area contributed by atoms with Gasteiger partial charge in [-0.15, -0.1) is 0 Å². The molecule has 1 aliphatic rings. The lowest BCUT2D eigenvalue weighted by molar-refractivity contribution is -0.126. The normalized spacial score (nSPS) is 23.2. The second-order valence-corrected chi connectivity index (χ2v) is 7.35. The molecule has 108 valence electrons. The molecule has 1 aliphatic heterocycles. The monoisotopic (exact) mass is 296 g/mol. The number of imide groups is 1. The molecule has 2 amide bonds. The highest BCUT2D eigenvalue weighted by Gasteiger charge is 2.43. The predicted molar refractivity (Wildman–Crippen MR) is 72.4 cm³/mol. The Bertz CT molecular complexity index is 664. The first-order chi connectivity index (χ1) is 9.18. The molecule has 1 aromatic rings. The fourth-order valence-corrected chi connectivity index (χ4v) is 3.05. The van der Waals surface area contributed by atoms with E-state index in [0.29, 0.717) is 5.56 Å². The summed E-state index contributed by atoms with van der Waals surface area (Å²) in [6, 6.07) is 6.06. The van der Waals surface area contributed by atoms with E-state index in [1.54, 1.807) is 19.1 Å². The van der Waals surface area contributed by atoms with Crippen molar-refractivity contribution < 1.29 is 18.0 Å². The van der Waals surface area contributed by atoms with E-state index in [2.05, 4.69) is 5.32 Å². The van der Waals surface area contributed by atoms with Gasteiger partial charge >= 0.3 is 0 Å². The van der Waals surface area contributed by atoms with Gasteiger partial charge in [-0.3, -0.25) is 14.9 Å². The van der Waals surface area contributed by atoms with Crippen LogP contribution in [0.3, 0.4) is 0 Å². The largest absolute Gasteiger partial charge is 0.296 e. The zero-order valence-corrected chi connectivity index (χ0v) is 12.3. The molecule has 1 atom stereocenters. The minimum Gasteiger partial charge on any atom is -0.296 e. The van der Waals surface area contributed by atoms with Crippen LogP contribution in [0.2, 0.25) is 0 Å². The molecule has 6 nitrogen and oxygen atoms in total. The Morgan fingerprint density at radius 1 is 1.15 bits per heavy atom. The van der Waals surface area contributed by atoms with E-state index in [0.717, 1.165) is 4.31 Å². The minimum atomic E-state index is -3.50. The number of nitrogens with one attached hydrogen (secondary N) is 1. The molecule has 0 aromatic heterocycles. The number of carbonyl (C=O) groups excluding carboxylic acids is 2. The molecule has 0 saturated carbocycles. The van der Waals surface area contributed by atoms with E-state index in [4.69, 9.17) is 0 Å². The van der Waals surface area contributed by atoms with Crippen LogP contribution in [0.1, 0.15) is 18.9 Å². The Hall–Kier alpha value is -1.73. The number of rotatable bonds is 3. The van der Waals surface area contributed by atoms with Crippen LogP contribution in [-0.4, -0.2) is 38.6 Å². The SMILES string of the molecule is CN(C)S(=O)(=O)c1ccc(C2(C)CC(=O)NC2=O)cc1. The van der Waals surface area contributed by atoms with Gasteiger partial charge in [0.15, 0.2) is 0 Å². The van der Waals surface area contributed by atoms with Crippen molar-refractivity contribution in [1.82, 2.24) is 9.62 Å². The Balaban J connectivity index is 2.39. The fourth-order valence-electron chi connectivity index (χ4n) is 2.15. The van der Waals surface area contributed by atoms with Crippen LogP contribution in [0, 0.1) is 0 Å². The number of sulfonamides is 1. The smallest absolute Gasteiger partial charge is 0.242 e. The molecule has 1 aromatic carbocycles. The molecule has 20 heavy (non-hydrogen) atoms. The Kier molecular flexibility index (Phi) is 3.43. The van der Waals surface area contributed by atoms with Gasteiger partial charge in [-0.2, -0.15) is 0 Å². The average molecular weight is 296 g/mol. The van der Waals surface area contributed by atoms with Crippen LogP contribution in [0.25, 0.3) is 0 Å². The van der Waals surface area contributed by atoms with E-state index in [-0.39, 0.29) is 23.1 Å². The maximum Gasteiger partial charge on any atom is 0.242 e. The molecule has 1 N–H and O–H groups in total. The van der Waals surface area contributed by atoms with Crippen LogP contribution in [0.4, 0.5) is 0 Å². The second-order valence-electron chi connectivity index (χ2n) is 5.20. The number of benzene rings is 1. The highest BCUT2D eigenvalue weighted by molar-refractivity contribution is 7.89. The molecule has 0 aliphatic carbocycles. The molecule has 2 rings (SSSR count). The Morgan fingerprint density at radius 3 is 2.10 bits per heavy atom. The molecule has 0 spiro atoms. The first-order valence-electron chi connectivity index (χ1n) is 6.05. The molecule has 0 bridgehead atoms. The number of hydrogen-bond donors (Lipinski definition) is 1. The number of nitrogens with zero attached hydrogens (tertiary/aromatic N) is 1. The lowest BCUT2D eigenvalue weighted by atomic mass is 9.81. The quantitative estimate of drug-likeness (QED) is 0.810. The van der Waals surface area contributed by atoms with Crippen molar-refractivity contribution in [3.63, 3.8) is 0 Å². The van der Waals surface area contributed by atoms with Crippen molar-refractivity contribution in [2.24, 2.45) is 0 Å². The number of carbonyl (C=O) groups is 2. The first kappa shape index (κ1) is 14.7. The molecule has 1 fully saturated rings. The summed E-state index contributed by atoms with van der Waals surface area (Å²) in [7, 11) is -0.591. The van der Waals surface area contributed by atoms with Crippen LogP contribution >= 0.6 is 0 Å². The van der Waals surface area contributed by atoms with E-state index in [9.17, 15) is 18.0 Å². The van der Waals surface area contributed by atoms with E-state index in [1.807, 2.05) is 0 Å². The summed E-state index contributed by atoms with van der Waals surface area (Å²) in [4.78, 5) is 23.3. The topological polar surface area (TPSA) is 83.6 Å². The second kappa shape index (κ2) is 4.68. The summed E-state index contributed by atoms with van der Waals surface area (Å²) in [5.41, 5.74) is -0.309. The van der Waals surface area contributed by atoms with Crippen LogP contribution in [0.5, 0.6) is 0 Å². The summed E-state index contributed by atoms with van der Waals surface area (Å²) in [6.07, 6.45) is 0.0750. The molecule has 7 heteroatoms. The van der Waals surface area contributed by atoms with Crippen molar-refractivity contribution in [2.75, 3.05) is 14.1 Å². The number of amides is 2. The van der Waals surface area contributed by atoms with Gasteiger partial charge in [0.25, 0.3) is 0 Å². The van der Waals surface area contributed by atoms with E-state index < -0.39 is 15.4 Å². The maximum atomic E-state index is 12.0. The summed E-state index contributed by atoms with van der Waals surface area (Å²) >= 11 is 0. The molecule has 1 unspecified atom stereocenters. The molecule has 1 saturated heterocycles. The van der Waals surface area contributed by atoms with Gasteiger partial charge in [-0.1, -0.05) is 12.1 Å². The van der Waals surface area contributed by atoms with E-state index in [1.165, 1.54) is 26.2 Å². The zero-order valence-electron chi connectivity index (χ0n) is 11.5. The highest BCUT2D eigenvalue weighted by atomic mass is 32.2. The van der Waals surface area contributed by atoms with Crippen LogP contribution in [-0.2, 0) is 25.0 Å². The molecular weight excluding hydrogens is 280 g/mol. The van der Waals surface area contributed by atoms with Gasteiger partial charge in [0, 0.05) is 20.5 Å². The highest BCUT2D eigenvalue weighted by Crippen LogP contribution is 2.32. The van der Waals surface area contributed by atoms with Gasteiger partial charge in [-0.05, 0) is 24.6 Å². The third-order valence-electron chi connectivity index (χ3n) is 3.54. The van der Waals surface area contributed by atoms with Crippen molar-refractivity contribution in [3.05, 3.63) is 29.8 Å². The molecule has 0 radical (unpaired) electrons. The number of hydrogen-bond acceptors (Lipinski definition) is 4. The molecule has 1 heterocycles. The van der Waals surface area contributed by atoms with Crippen molar-refractivity contribution >= 4 is 21.8 Å². The summed E-state index contributed by atoms with van der Waals surface area (Å²) in [6.45, 7) is 1.67. The van der Waals surface area contributed by atoms with Crippen LogP contribution in [0.15, 0.2) is 29.2 Å². The van der Waals surface area contributed by atoms with Crippen molar-refractivity contribution in [1.29, 1.82) is 0 Å². The van der Waals surface area contributed by atoms with Gasteiger partial charge in [0.1, 0.15) is 0 Å². The van der Waals surface area contributed by atoms with Crippen LogP contribution < -0.4 is 5.32 Å². The van der Waals surface area contributed by atoms with Gasteiger partial charge in [0.05, 0.1) is 10.3 Å². The average Bonchev–Trinajstić information content (AvgIpc) is 2.64. The standard InChI is InChI=1S/C13H16N2O4S/c1-13(8-11(16)14-12(13)17)9-4-6-10(7-5-9)20(18,19)15(2)3/h4-7H,8H2,1-3H3,(H,14,16,17). The van der Waals surface area contributed by atoms with Gasteiger partial charge in [0.2, 0.25) is 21.8 Å². The predicted octanol–water partition coefficient (Wildman–Crippen LogP) is 0.241. The van der Waals surface area contributed by atoms with Gasteiger partial charge in [-0.25, -0.2) is 12.7 Å². The maximum absolute atomic E-state index is 12.0.